The van der Waals surface area contributed by atoms with Crippen LogP contribution in [0.2, 0.25) is 5.02 Å². The largest absolute Gasteiger partial charge is 0.459 e. The van der Waals surface area contributed by atoms with Gasteiger partial charge in [-0.05, 0) is 74.5 Å². The summed E-state index contributed by atoms with van der Waals surface area (Å²) in [7, 11) is 0. The molecule has 0 saturated heterocycles. The van der Waals surface area contributed by atoms with E-state index in [0.29, 0.717) is 33.2 Å². The Bertz CT molecular complexity index is 1430. The van der Waals surface area contributed by atoms with Gasteiger partial charge in [0.25, 0.3) is 17.7 Å². The van der Waals surface area contributed by atoms with Crippen LogP contribution in [0.25, 0.3) is 0 Å². The normalized spacial score (nSPS) is 13.3. The third kappa shape index (κ3) is 5.82. The predicted molar refractivity (Wildman–Crippen MR) is 142 cm³/mol. The van der Waals surface area contributed by atoms with Gasteiger partial charge in [0, 0.05) is 22.0 Å². The minimum Gasteiger partial charge on any atom is -0.459 e. The van der Waals surface area contributed by atoms with Crippen molar-refractivity contribution in [2.75, 3.05) is 15.5 Å². The molecule has 2 N–H and O–H groups in total. The van der Waals surface area contributed by atoms with Crippen molar-refractivity contribution in [3.05, 3.63) is 99.7 Å². The summed E-state index contributed by atoms with van der Waals surface area (Å²) in [5.74, 6) is -2.19. The number of nitrogens with zero attached hydrogens (tertiary/aromatic N) is 1. The van der Waals surface area contributed by atoms with E-state index in [1.54, 1.807) is 74.5 Å². The number of esters is 1. The van der Waals surface area contributed by atoms with Gasteiger partial charge in [0.1, 0.15) is 10.7 Å². The number of hydrogen-bond acceptors (Lipinski definition) is 6. The molecule has 0 fully saturated rings. The predicted octanol–water partition coefficient (Wildman–Crippen LogP) is 5.59. The Morgan fingerprint density at radius 1 is 0.838 bits per heavy atom. The summed E-state index contributed by atoms with van der Waals surface area (Å²) >= 11 is 12.2. The molecule has 10 heteroatoms. The Morgan fingerprint density at radius 3 is 2.22 bits per heavy atom. The van der Waals surface area contributed by atoms with Crippen molar-refractivity contribution in [3.63, 3.8) is 0 Å². The Labute approximate surface area is 222 Å². The van der Waals surface area contributed by atoms with Gasteiger partial charge in [-0.25, -0.2) is 9.69 Å². The lowest BCUT2D eigenvalue weighted by molar-refractivity contribution is -0.120. The van der Waals surface area contributed by atoms with Crippen LogP contribution in [0.4, 0.5) is 17.1 Å². The molecule has 0 radical (unpaired) electrons. The fourth-order valence-electron chi connectivity index (χ4n) is 3.52. The highest BCUT2D eigenvalue weighted by Crippen LogP contribution is 2.31. The second kappa shape index (κ2) is 10.9. The van der Waals surface area contributed by atoms with E-state index in [4.69, 9.17) is 27.9 Å². The van der Waals surface area contributed by atoms with Crippen LogP contribution < -0.4 is 15.5 Å². The number of nitrogens with one attached hydrogen (secondary N) is 2. The molecule has 4 rings (SSSR count). The SMILES string of the molecule is CC(C)OC(=O)c1cccc(NC(=O)c2ccc(NC3=C(Cl)C(=O)N(c4cccc(Cl)c4)C3=O)cc2)c1. The number of carbonyl (C=O) groups is 4. The molecule has 0 unspecified atom stereocenters. The van der Waals surface area contributed by atoms with Crippen LogP contribution in [0.3, 0.4) is 0 Å². The van der Waals surface area contributed by atoms with Crippen LogP contribution in [0.1, 0.15) is 34.6 Å². The van der Waals surface area contributed by atoms with E-state index in [2.05, 4.69) is 10.6 Å². The molecule has 1 heterocycles. The van der Waals surface area contributed by atoms with E-state index in [1.807, 2.05) is 0 Å². The second-order valence-electron chi connectivity index (χ2n) is 8.31. The molecule has 0 aliphatic carbocycles. The number of halogens is 2. The van der Waals surface area contributed by atoms with E-state index in [0.717, 1.165) is 4.90 Å². The first-order valence-corrected chi connectivity index (χ1v) is 11.9. The van der Waals surface area contributed by atoms with Crippen LogP contribution in [0.15, 0.2) is 83.5 Å². The molecule has 3 amide bonds. The number of amides is 3. The van der Waals surface area contributed by atoms with Crippen LogP contribution in [-0.2, 0) is 14.3 Å². The molecule has 37 heavy (non-hydrogen) atoms. The van der Waals surface area contributed by atoms with Gasteiger partial charge in [-0.1, -0.05) is 35.3 Å². The Hall–Kier alpha value is -4.14. The van der Waals surface area contributed by atoms with Gasteiger partial charge in [0.15, 0.2) is 0 Å². The van der Waals surface area contributed by atoms with Gasteiger partial charge < -0.3 is 15.4 Å². The topological polar surface area (TPSA) is 105 Å². The first-order valence-electron chi connectivity index (χ1n) is 11.2. The fourth-order valence-corrected chi connectivity index (χ4v) is 3.92. The second-order valence-corrected chi connectivity index (χ2v) is 9.12. The highest BCUT2D eigenvalue weighted by molar-refractivity contribution is 6.53. The molecule has 188 valence electrons. The molecule has 0 aromatic heterocycles. The Balaban J connectivity index is 1.44. The van der Waals surface area contributed by atoms with Crippen molar-refractivity contribution in [2.45, 2.75) is 20.0 Å². The number of hydrogen-bond donors (Lipinski definition) is 2. The van der Waals surface area contributed by atoms with Gasteiger partial charge in [0.05, 0.1) is 17.4 Å². The molecule has 1 aliphatic rings. The Morgan fingerprint density at radius 2 is 1.54 bits per heavy atom. The van der Waals surface area contributed by atoms with Gasteiger partial charge in [-0.2, -0.15) is 0 Å². The van der Waals surface area contributed by atoms with Crippen LogP contribution in [-0.4, -0.2) is 29.8 Å². The van der Waals surface area contributed by atoms with Crippen molar-refractivity contribution in [1.82, 2.24) is 0 Å². The number of ether oxygens (including phenoxy) is 1. The van der Waals surface area contributed by atoms with Crippen molar-refractivity contribution >= 4 is 64.0 Å². The standard InChI is InChI=1S/C27H21Cl2N3O5/c1-15(2)37-27(36)17-5-3-7-20(13-17)31-24(33)16-9-11-19(12-10-16)30-23-22(29)25(34)32(26(23)35)21-8-4-6-18(28)14-21/h3-15,30H,1-2H3,(H,31,33). The molecule has 8 nitrogen and oxygen atoms in total. The van der Waals surface area contributed by atoms with E-state index in [-0.39, 0.29) is 16.8 Å². The van der Waals surface area contributed by atoms with Gasteiger partial charge in [0.2, 0.25) is 0 Å². The lowest BCUT2D eigenvalue weighted by atomic mass is 10.1. The average molecular weight is 538 g/mol. The molecule has 3 aromatic rings. The van der Waals surface area contributed by atoms with E-state index in [1.165, 1.54) is 12.1 Å². The quantitative estimate of drug-likeness (QED) is 0.300. The summed E-state index contributed by atoms with van der Waals surface area (Å²) in [6, 6.07) is 19.0. The minimum absolute atomic E-state index is 0.0889. The molecule has 0 spiro atoms. The molecule has 3 aromatic carbocycles. The molecular weight excluding hydrogens is 517 g/mol. The maximum Gasteiger partial charge on any atom is 0.338 e. The van der Waals surface area contributed by atoms with Crippen LogP contribution in [0, 0.1) is 0 Å². The first-order chi connectivity index (χ1) is 17.6. The summed E-state index contributed by atoms with van der Waals surface area (Å²) in [6.07, 6.45) is -0.263. The summed E-state index contributed by atoms with van der Waals surface area (Å²) in [5.41, 5.74) is 1.73. The summed E-state index contributed by atoms with van der Waals surface area (Å²) in [5, 5.41) is 5.70. The highest BCUT2D eigenvalue weighted by Gasteiger charge is 2.39. The first kappa shape index (κ1) is 25.9. The average Bonchev–Trinajstić information content (AvgIpc) is 3.07. The van der Waals surface area contributed by atoms with E-state index >= 15 is 0 Å². The number of carbonyl (C=O) groups excluding carboxylic acids is 4. The van der Waals surface area contributed by atoms with E-state index in [9.17, 15) is 19.2 Å². The van der Waals surface area contributed by atoms with Gasteiger partial charge in [-0.15, -0.1) is 0 Å². The number of anilines is 3. The van der Waals surface area contributed by atoms with Crippen molar-refractivity contribution in [3.8, 4) is 0 Å². The lowest BCUT2D eigenvalue weighted by Crippen LogP contribution is -2.32. The monoisotopic (exact) mass is 537 g/mol. The maximum absolute atomic E-state index is 12.9. The van der Waals surface area contributed by atoms with Gasteiger partial charge >= 0.3 is 5.97 Å². The fraction of sp³-hybridized carbons (Fsp3) is 0.111. The molecular formula is C27H21Cl2N3O5. The summed E-state index contributed by atoms with van der Waals surface area (Å²) < 4.78 is 5.18. The third-order valence-electron chi connectivity index (χ3n) is 5.21. The number of imide groups is 1. The number of rotatable bonds is 7. The molecule has 0 saturated carbocycles. The molecule has 0 bridgehead atoms. The Kier molecular flexibility index (Phi) is 7.61. The van der Waals surface area contributed by atoms with Crippen LogP contribution >= 0.6 is 23.2 Å². The lowest BCUT2D eigenvalue weighted by Gasteiger charge is -2.15. The summed E-state index contributed by atoms with van der Waals surface area (Å²) in [6.45, 7) is 3.50. The number of benzene rings is 3. The third-order valence-corrected chi connectivity index (χ3v) is 5.79. The highest BCUT2D eigenvalue weighted by atomic mass is 35.5. The zero-order chi connectivity index (χ0) is 26.7. The van der Waals surface area contributed by atoms with Crippen molar-refractivity contribution in [1.29, 1.82) is 0 Å². The molecule has 0 atom stereocenters. The zero-order valence-electron chi connectivity index (χ0n) is 19.7. The summed E-state index contributed by atoms with van der Waals surface area (Å²) in [4.78, 5) is 51.3. The maximum atomic E-state index is 12.9. The minimum atomic E-state index is -0.674. The van der Waals surface area contributed by atoms with Crippen LogP contribution in [0.5, 0.6) is 0 Å². The van der Waals surface area contributed by atoms with Gasteiger partial charge in [-0.3, -0.25) is 14.4 Å². The molecule has 1 aliphatic heterocycles. The van der Waals surface area contributed by atoms with Crippen molar-refractivity contribution < 1.29 is 23.9 Å². The smallest absolute Gasteiger partial charge is 0.338 e. The van der Waals surface area contributed by atoms with E-state index < -0.39 is 23.7 Å². The zero-order valence-corrected chi connectivity index (χ0v) is 21.3. The van der Waals surface area contributed by atoms with Crippen molar-refractivity contribution in [2.24, 2.45) is 0 Å².